The summed E-state index contributed by atoms with van der Waals surface area (Å²) < 4.78 is 78.8. The zero-order valence-corrected chi connectivity index (χ0v) is 22.4. The Morgan fingerprint density at radius 3 is 2.29 bits per heavy atom. The summed E-state index contributed by atoms with van der Waals surface area (Å²) in [5.41, 5.74) is -1.73. The molecule has 2 unspecified atom stereocenters. The van der Waals surface area contributed by atoms with Gasteiger partial charge < -0.3 is 24.9 Å². The molecule has 0 saturated heterocycles. The number of alkyl halides is 3. The summed E-state index contributed by atoms with van der Waals surface area (Å²) in [5, 5.41) is 5.21. The van der Waals surface area contributed by atoms with Gasteiger partial charge in [0.1, 0.15) is 17.9 Å². The molecule has 0 bridgehead atoms. The van der Waals surface area contributed by atoms with E-state index in [1.54, 1.807) is 0 Å². The highest BCUT2D eigenvalue weighted by atomic mass is 19.4. The summed E-state index contributed by atoms with van der Waals surface area (Å²) in [5.74, 6) is -4.43. The second kappa shape index (κ2) is 12.9. The number of rotatable bonds is 8. The SMILES string of the molecule is COc1cc(F)c(OC2CCC(C=O)CC2)cc1C(=O)NC1CCCCC1C(=O)Nc1ccc(F)c(C(F)(F)F)c1. The number of halogens is 5. The number of aldehydes is 1. The van der Waals surface area contributed by atoms with Crippen LogP contribution in [0.5, 0.6) is 11.5 Å². The van der Waals surface area contributed by atoms with Crippen molar-refractivity contribution >= 4 is 23.8 Å². The topological polar surface area (TPSA) is 93.7 Å². The molecule has 2 atom stereocenters. The molecule has 2 saturated carbocycles. The fraction of sp³-hybridized carbons (Fsp3) is 0.483. The zero-order chi connectivity index (χ0) is 29.7. The third-order valence-corrected chi connectivity index (χ3v) is 7.66. The van der Waals surface area contributed by atoms with E-state index in [2.05, 4.69) is 10.6 Å². The number of methoxy groups -OCH3 is 1. The fourth-order valence-corrected chi connectivity index (χ4v) is 5.41. The van der Waals surface area contributed by atoms with Crippen molar-refractivity contribution in [1.29, 1.82) is 0 Å². The Bertz CT molecular complexity index is 1280. The largest absolute Gasteiger partial charge is 0.496 e. The molecule has 0 heterocycles. The van der Waals surface area contributed by atoms with Gasteiger partial charge in [-0.1, -0.05) is 12.8 Å². The highest BCUT2D eigenvalue weighted by Crippen LogP contribution is 2.35. The van der Waals surface area contributed by atoms with E-state index in [1.165, 1.54) is 13.2 Å². The molecule has 222 valence electrons. The molecule has 2 aromatic carbocycles. The lowest BCUT2D eigenvalue weighted by atomic mass is 9.83. The first-order valence-corrected chi connectivity index (χ1v) is 13.5. The van der Waals surface area contributed by atoms with Crippen molar-refractivity contribution in [2.75, 3.05) is 12.4 Å². The maximum absolute atomic E-state index is 14.8. The van der Waals surface area contributed by atoms with Gasteiger partial charge in [0.25, 0.3) is 5.91 Å². The van der Waals surface area contributed by atoms with E-state index in [1.807, 2.05) is 0 Å². The van der Waals surface area contributed by atoms with Gasteiger partial charge in [0.05, 0.1) is 30.3 Å². The van der Waals surface area contributed by atoms with Crippen LogP contribution in [0.3, 0.4) is 0 Å². The molecule has 2 aliphatic carbocycles. The molecule has 2 N–H and O–H groups in total. The van der Waals surface area contributed by atoms with Gasteiger partial charge in [0.2, 0.25) is 5.91 Å². The lowest BCUT2D eigenvalue weighted by molar-refractivity contribution is -0.140. The molecule has 41 heavy (non-hydrogen) atoms. The summed E-state index contributed by atoms with van der Waals surface area (Å²) in [4.78, 5) is 37.4. The Morgan fingerprint density at radius 1 is 0.927 bits per heavy atom. The molecule has 0 aliphatic heterocycles. The van der Waals surface area contributed by atoms with Crippen molar-refractivity contribution in [3.8, 4) is 11.5 Å². The Hall–Kier alpha value is -3.70. The second-order valence-corrected chi connectivity index (χ2v) is 10.4. The number of ether oxygens (including phenoxy) is 2. The van der Waals surface area contributed by atoms with Crippen LogP contribution in [0.1, 0.15) is 67.3 Å². The Balaban J connectivity index is 1.48. The Kier molecular flexibility index (Phi) is 9.49. The van der Waals surface area contributed by atoms with Crippen molar-refractivity contribution in [3.63, 3.8) is 0 Å². The van der Waals surface area contributed by atoms with E-state index in [0.29, 0.717) is 63.5 Å². The van der Waals surface area contributed by atoms with Crippen LogP contribution >= 0.6 is 0 Å². The first-order valence-electron chi connectivity index (χ1n) is 13.5. The monoisotopic (exact) mass is 582 g/mol. The van der Waals surface area contributed by atoms with Crippen LogP contribution in [0.2, 0.25) is 0 Å². The number of anilines is 1. The number of benzene rings is 2. The van der Waals surface area contributed by atoms with E-state index in [-0.39, 0.29) is 34.8 Å². The Morgan fingerprint density at radius 2 is 1.63 bits per heavy atom. The van der Waals surface area contributed by atoms with E-state index in [4.69, 9.17) is 9.47 Å². The van der Waals surface area contributed by atoms with E-state index < -0.39 is 47.1 Å². The van der Waals surface area contributed by atoms with Gasteiger partial charge >= 0.3 is 6.18 Å². The summed E-state index contributed by atoms with van der Waals surface area (Å²) in [6, 6.07) is 3.81. The van der Waals surface area contributed by atoms with Gasteiger partial charge in [-0.2, -0.15) is 13.2 Å². The lowest BCUT2D eigenvalue weighted by Crippen LogP contribution is -2.46. The van der Waals surface area contributed by atoms with E-state index in [9.17, 15) is 36.3 Å². The van der Waals surface area contributed by atoms with Gasteiger partial charge in [-0.15, -0.1) is 0 Å². The van der Waals surface area contributed by atoms with Crippen LogP contribution in [0.4, 0.5) is 27.6 Å². The summed E-state index contributed by atoms with van der Waals surface area (Å²) in [7, 11) is 1.28. The Labute approximate surface area is 233 Å². The van der Waals surface area contributed by atoms with Gasteiger partial charge in [0, 0.05) is 23.7 Å². The van der Waals surface area contributed by atoms with Crippen LogP contribution in [-0.4, -0.2) is 37.4 Å². The maximum Gasteiger partial charge on any atom is 0.419 e. The first-order chi connectivity index (χ1) is 19.5. The van der Waals surface area contributed by atoms with Gasteiger partial charge in [-0.3, -0.25) is 9.59 Å². The number of amides is 2. The van der Waals surface area contributed by atoms with Crippen molar-refractivity contribution < 1.29 is 45.8 Å². The predicted molar refractivity (Wildman–Crippen MR) is 139 cm³/mol. The molecule has 2 aliphatic rings. The van der Waals surface area contributed by atoms with Gasteiger partial charge in [-0.05, 0) is 62.8 Å². The molecule has 0 aromatic heterocycles. The molecule has 0 radical (unpaired) electrons. The highest BCUT2D eigenvalue weighted by Gasteiger charge is 2.36. The average molecular weight is 583 g/mol. The first kappa shape index (κ1) is 30.3. The third-order valence-electron chi connectivity index (χ3n) is 7.66. The van der Waals surface area contributed by atoms with Gasteiger partial charge in [0.15, 0.2) is 11.6 Å². The lowest BCUT2D eigenvalue weighted by Gasteiger charge is -2.31. The van der Waals surface area contributed by atoms with E-state index in [0.717, 1.165) is 18.4 Å². The molecule has 2 fully saturated rings. The normalized spacial score (nSPS) is 22.9. The average Bonchev–Trinajstić information content (AvgIpc) is 2.94. The summed E-state index contributed by atoms with van der Waals surface area (Å²) in [6.07, 6.45) is 0.175. The smallest absolute Gasteiger partial charge is 0.419 e. The summed E-state index contributed by atoms with van der Waals surface area (Å²) >= 11 is 0. The van der Waals surface area contributed by atoms with Crippen molar-refractivity contribution in [2.45, 2.75) is 69.7 Å². The van der Waals surface area contributed by atoms with Crippen LogP contribution in [0.15, 0.2) is 30.3 Å². The number of nitrogens with one attached hydrogen (secondary N) is 2. The zero-order valence-electron chi connectivity index (χ0n) is 22.4. The van der Waals surface area contributed by atoms with Crippen LogP contribution in [-0.2, 0) is 15.8 Å². The maximum atomic E-state index is 14.8. The molecular formula is C29H31F5N2O5. The molecule has 7 nitrogen and oxygen atoms in total. The van der Waals surface area contributed by atoms with Crippen LogP contribution in [0, 0.1) is 23.5 Å². The third kappa shape index (κ3) is 7.34. The molecule has 2 aromatic rings. The number of carbonyl (C=O) groups excluding carboxylic acids is 3. The predicted octanol–water partition coefficient (Wildman–Crippen LogP) is 6.06. The van der Waals surface area contributed by atoms with Crippen LogP contribution < -0.4 is 20.1 Å². The van der Waals surface area contributed by atoms with Crippen molar-refractivity contribution in [2.24, 2.45) is 11.8 Å². The molecule has 4 rings (SSSR count). The molecule has 2 amide bonds. The summed E-state index contributed by atoms with van der Waals surface area (Å²) in [6.45, 7) is 0. The highest BCUT2D eigenvalue weighted by molar-refractivity contribution is 5.99. The van der Waals surface area contributed by atoms with Crippen molar-refractivity contribution in [3.05, 3.63) is 53.1 Å². The molecule has 12 heteroatoms. The minimum Gasteiger partial charge on any atom is -0.496 e. The van der Waals surface area contributed by atoms with Crippen molar-refractivity contribution in [1.82, 2.24) is 5.32 Å². The van der Waals surface area contributed by atoms with E-state index >= 15 is 0 Å². The second-order valence-electron chi connectivity index (χ2n) is 10.4. The minimum absolute atomic E-state index is 0.0106. The molecule has 0 spiro atoms. The molecular weight excluding hydrogens is 551 g/mol. The number of hydrogen-bond acceptors (Lipinski definition) is 5. The fourth-order valence-electron chi connectivity index (χ4n) is 5.41. The number of hydrogen-bond donors (Lipinski definition) is 2. The minimum atomic E-state index is -4.93. The van der Waals surface area contributed by atoms with Gasteiger partial charge in [-0.25, -0.2) is 8.78 Å². The standard InChI is InChI=1S/C29H31F5N2O5/c1-40-25-14-23(31)26(41-18-9-6-16(15-37)7-10-18)13-20(25)28(39)36-24-5-3-2-4-19(24)27(38)35-17-8-11-22(30)21(12-17)29(32,33)34/h8,11-16,18-19,24H,2-7,9-10H2,1H3,(H,35,38)(H,36,39). The number of carbonyl (C=O) groups is 3. The quantitative estimate of drug-likeness (QED) is 0.292. The van der Waals surface area contributed by atoms with Crippen LogP contribution in [0.25, 0.3) is 0 Å².